The van der Waals surface area contributed by atoms with Crippen LogP contribution in [0.1, 0.15) is 31.1 Å². The van der Waals surface area contributed by atoms with Crippen molar-refractivity contribution < 1.29 is 27.5 Å². The second-order valence-corrected chi connectivity index (χ2v) is 11.5. The Bertz CT molecular complexity index is 1530. The normalized spacial score (nSPS) is 15.0. The zero-order chi connectivity index (χ0) is 27.4. The summed E-state index contributed by atoms with van der Waals surface area (Å²) in [6, 6.07) is 11.2. The SMILES string of the molecule is CCOC(=O)N1CCN(S(=O)(=O)c2ccc(C(=O)N=c3sc4cc(NC(C)=O)ccc4n3CC)cc2)CC1. The summed E-state index contributed by atoms with van der Waals surface area (Å²) < 4.78 is 35.3. The van der Waals surface area contributed by atoms with Gasteiger partial charge in [0.1, 0.15) is 0 Å². The Balaban J connectivity index is 1.52. The van der Waals surface area contributed by atoms with Gasteiger partial charge in [-0.1, -0.05) is 11.3 Å². The number of nitrogens with one attached hydrogen (secondary N) is 1. The number of hydrogen-bond acceptors (Lipinski definition) is 7. The number of carbonyl (C=O) groups is 3. The van der Waals surface area contributed by atoms with Gasteiger partial charge in [-0.15, -0.1) is 0 Å². The molecule has 0 bridgehead atoms. The molecule has 0 radical (unpaired) electrons. The molecule has 2 heterocycles. The van der Waals surface area contributed by atoms with Crippen molar-refractivity contribution in [3.05, 3.63) is 52.8 Å². The maximum Gasteiger partial charge on any atom is 0.409 e. The predicted octanol–water partition coefficient (Wildman–Crippen LogP) is 2.89. The molecule has 38 heavy (non-hydrogen) atoms. The van der Waals surface area contributed by atoms with Crippen LogP contribution in [0.5, 0.6) is 0 Å². The zero-order valence-electron chi connectivity index (χ0n) is 21.3. The number of amides is 3. The average Bonchev–Trinajstić information content (AvgIpc) is 3.24. The Kier molecular flexibility index (Phi) is 8.29. The Morgan fingerprint density at radius 3 is 2.32 bits per heavy atom. The van der Waals surface area contributed by atoms with E-state index in [1.54, 1.807) is 13.0 Å². The van der Waals surface area contributed by atoms with Gasteiger partial charge in [0.2, 0.25) is 15.9 Å². The van der Waals surface area contributed by atoms with Crippen LogP contribution in [0.2, 0.25) is 0 Å². The first-order valence-electron chi connectivity index (χ1n) is 12.2. The predicted molar refractivity (Wildman–Crippen MR) is 143 cm³/mol. The fourth-order valence-corrected chi connectivity index (χ4v) is 6.69. The molecule has 13 heteroatoms. The van der Waals surface area contributed by atoms with Crippen LogP contribution in [-0.2, 0) is 26.1 Å². The quantitative estimate of drug-likeness (QED) is 0.494. The Morgan fingerprint density at radius 2 is 1.71 bits per heavy atom. The maximum absolute atomic E-state index is 13.1. The Labute approximate surface area is 224 Å². The molecule has 1 N–H and O–H groups in total. The molecule has 202 valence electrons. The van der Waals surface area contributed by atoms with Crippen molar-refractivity contribution in [1.82, 2.24) is 13.8 Å². The topological polar surface area (TPSA) is 130 Å². The van der Waals surface area contributed by atoms with Crippen molar-refractivity contribution in [3.63, 3.8) is 0 Å². The summed E-state index contributed by atoms with van der Waals surface area (Å²) in [6.07, 6.45) is -0.452. The number of rotatable bonds is 6. The lowest BCUT2D eigenvalue weighted by Crippen LogP contribution is -2.50. The van der Waals surface area contributed by atoms with Gasteiger partial charge in [0.05, 0.1) is 21.7 Å². The molecule has 1 aliphatic heterocycles. The van der Waals surface area contributed by atoms with Crippen LogP contribution in [0.15, 0.2) is 52.4 Å². The fourth-order valence-electron chi connectivity index (χ4n) is 4.14. The van der Waals surface area contributed by atoms with Crippen molar-refractivity contribution in [2.24, 2.45) is 4.99 Å². The number of aryl methyl sites for hydroxylation is 1. The first-order valence-corrected chi connectivity index (χ1v) is 14.4. The highest BCUT2D eigenvalue weighted by atomic mass is 32.2. The van der Waals surface area contributed by atoms with Gasteiger partial charge in [-0.25, -0.2) is 13.2 Å². The molecular weight excluding hydrogens is 530 g/mol. The smallest absolute Gasteiger partial charge is 0.409 e. The molecule has 0 atom stereocenters. The number of carbonyl (C=O) groups excluding carboxylic acids is 3. The van der Waals surface area contributed by atoms with Crippen molar-refractivity contribution in [2.75, 3.05) is 38.1 Å². The van der Waals surface area contributed by atoms with Gasteiger partial charge in [-0.3, -0.25) is 9.59 Å². The molecule has 0 aliphatic carbocycles. The molecule has 0 unspecified atom stereocenters. The molecule has 3 amide bonds. The van der Waals surface area contributed by atoms with E-state index in [0.29, 0.717) is 17.0 Å². The third-order valence-electron chi connectivity index (χ3n) is 6.02. The molecule has 0 saturated carbocycles. The molecule has 1 fully saturated rings. The lowest BCUT2D eigenvalue weighted by atomic mass is 10.2. The van der Waals surface area contributed by atoms with Gasteiger partial charge in [0.25, 0.3) is 5.91 Å². The standard InChI is InChI=1S/C25H29N5O6S2/c1-4-30-21-11-8-19(26-17(3)31)16-22(21)37-24(30)27-23(32)18-6-9-20(10-7-18)38(34,35)29-14-12-28(13-15-29)25(33)36-5-2/h6-11,16H,4-5,12-15H2,1-3H3,(H,26,31). The summed E-state index contributed by atoms with van der Waals surface area (Å²) in [4.78, 5) is 42.6. The van der Waals surface area contributed by atoms with Gasteiger partial charge in [0, 0.05) is 50.9 Å². The van der Waals surface area contributed by atoms with Crippen molar-refractivity contribution in [2.45, 2.75) is 32.2 Å². The van der Waals surface area contributed by atoms with E-state index in [-0.39, 0.29) is 49.2 Å². The summed E-state index contributed by atoms with van der Waals surface area (Å²) >= 11 is 1.33. The number of fused-ring (bicyclic) bond motifs is 1. The van der Waals surface area contributed by atoms with E-state index < -0.39 is 22.0 Å². The van der Waals surface area contributed by atoms with Crippen LogP contribution in [-0.4, -0.2) is 72.9 Å². The second kappa shape index (κ2) is 11.5. The third-order valence-corrected chi connectivity index (χ3v) is 8.97. The molecule has 0 spiro atoms. The first kappa shape index (κ1) is 27.5. The minimum atomic E-state index is -3.78. The summed E-state index contributed by atoms with van der Waals surface area (Å²) in [7, 11) is -3.78. The number of thiazole rings is 1. The van der Waals surface area contributed by atoms with Crippen LogP contribution >= 0.6 is 11.3 Å². The molecule has 1 saturated heterocycles. The molecule has 2 aromatic carbocycles. The van der Waals surface area contributed by atoms with Crippen LogP contribution < -0.4 is 10.1 Å². The van der Waals surface area contributed by atoms with Crippen molar-refractivity contribution in [1.29, 1.82) is 0 Å². The Morgan fingerprint density at radius 1 is 1.03 bits per heavy atom. The maximum atomic E-state index is 13.1. The molecule has 1 aromatic heterocycles. The van der Waals surface area contributed by atoms with Crippen LogP contribution in [0.3, 0.4) is 0 Å². The number of sulfonamides is 1. The number of piperazine rings is 1. The van der Waals surface area contributed by atoms with E-state index in [2.05, 4.69) is 10.3 Å². The van der Waals surface area contributed by atoms with E-state index >= 15 is 0 Å². The number of benzene rings is 2. The number of anilines is 1. The van der Waals surface area contributed by atoms with Crippen molar-refractivity contribution >= 4 is 55.2 Å². The van der Waals surface area contributed by atoms with E-state index in [4.69, 9.17) is 4.74 Å². The number of aromatic nitrogens is 1. The molecule has 3 aromatic rings. The van der Waals surface area contributed by atoms with E-state index in [1.807, 2.05) is 23.6 Å². The molecule has 4 rings (SSSR count). The van der Waals surface area contributed by atoms with Gasteiger partial charge >= 0.3 is 6.09 Å². The van der Waals surface area contributed by atoms with Gasteiger partial charge in [-0.05, 0) is 56.3 Å². The summed E-state index contributed by atoms with van der Waals surface area (Å²) in [6.45, 7) is 6.75. The molecular formula is C25H29N5O6S2. The van der Waals surface area contributed by atoms with Gasteiger partial charge in [-0.2, -0.15) is 9.30 Å². The number of hydrogen-bond donors (Lipinski definition) is 1. The number of nitrogens with zero attached hydrogens (tertiary/aromatic N) is 4. The highest BCUT2D eigenvalue weighted by Gasteiger charge is 2.30. The fraction of sp³-hybridized carbons (Fsp3) is 0.360. The van der Waals surface area contributed by atoms with Crippen molar-refractivity contribution in [3.8, 4) is 0 Å². The highest BCUT2D eigenvalue weighted by molar-refractivity contribution is 7.89. The average molecular weight is 560 g/mol. The lowest BCUT2D eigenvalue weighted by molar-refractivity contribution is -0.114. The summed E-state index contributed by atoms with van der Waals surface area (Å²) in [5.74, 6) is -0.665. The third kappa shape index (κ3) is 5.79. The van der Waals surface area contributed by atoms with E-state index in [1.165, 1.54) is 51.7 Å². The monoisotopic (exact) mass is 559 g/mol. The minimum Gasteiger partial charge on any atom is -0.450 e. The summed E-state index contributed by atoms with van der Waals surface area (Å²) in [5.41, 5.74) is 1.81. The minimum absolute atomic E-state index is 0.0645. The van der Waals surface area contributed by atoms with E-state index in [0.717, 1.165) is 10.2 Å². The first-order chi connectivity index (χ1) is 18.1. The van der Waals surface area contributed by atoms with Gasteiger partial charge in [0.15, 0.2) is 4.80 Å². The van der Waals surface area contributed by atoms with Crippen LogP contribution in [0.4, 0.5) is 10.5 Å². The molecule has 1 aliphatic rings. The molecule has 11 nitrogen and oxygen atoms in total. The van der Waals surface area contributed by atoms with Crippen LogP contribution in [0, 0.1) is 0 Å². The second-order valence-electron chi connectivity index (χ2n) is 8.52. The van der Waals surface area contributed by atoms with E-state index in [9.17, 15) is 22.8 Å². The van der Waals surface area contributed by atoms with Gasteiger partial charge < -0.3 is 19.5 Å². The zero-order valence-corrected chi connectivity index (χ0v) is 23.0. The highest BCUT2D eigenvalue weighted by Crippen LogP contribution is 2.23. The largest absolute Gasteiger partial charge is 0.450 e. The Hall–Kier alpha value is -3.55. The summed E-state index contributed by atoms with van der Waals surface area (Å²) in [5, 5.41) is 2.75. The number of ether oxygens (including phenoxy) is 1. The lowest BCUT2D eigenvalue weighted by Gasteiger charge is -2.33. The van der Waals surface area contributed by atoms with Crippen LogP contribution in [0.25, 0.3) is 10.2 Å².